The van der Waals surface area contributed by atoms with E-state index in [1.165, 1.54) is 12.8 Å². The Balaban J connectivity index is 2.39. The number of amides is 1. The number of hydrogen-bond acceptors (Lipinski definition) is 1. The Morgan fingerprint density at radius 1 is 1.50 bits per heavy atom. The normalized spacial score (nSPS) is 20.6. The predicted molar refractivity (Wildman–Crippen MR) is 68.1 cm³/mol. The van der Waals surface area contributed by atoms with Gasteiger partial charge in [0.2, 0.25) is 5.91 Å². The van der Waals surface area contributed by atoms with Crippen LogP contribution in [0.15, 0.2) is 24.3 Å². The molecule has 90 valence electrons. The summed E-state index contributed by atoms with van der Waals surface area (Å²) in [7, 11) is 0. The van der Waals surface area contributed by atoms with E-state index in [0.29, 0.717) is 5.92 Å². The molecule has 0 aromatic carbocycles. The Bertz CT molecular complexity index is 278. The van der Waals surface area contributed by atoms with Crippen LogP contribution in [0, 0.1) is 5.92 Å². The van der Waals surface area contributed by atoms with Crippen molar-refractivity contribution in [3.63, 3.8) is 0 Å². The van der Waals surface area contributed by atoms with Crippen molar-refractivity contribution < 1.29 is 4.79 Å². The lowest BCUT2D eigenvalue weighted by molar-refractivity contribution is -0.129. The summed E-state index contributed by atoms with van der Waals surface area (Å²) >= 11 is 0. The molecule has 1 atom stereocenters. The minimum absolute atomic E-state index is 0.156. The Morgan fingerprint density at radius 3 is 2.75 bits per heavy atom. The summed E-state index contributed by atoms with van der Waals surface area (Å²) in [5, 5.41) is 0. The van der Waals surface area contributed by atoms with Crippen molar-refractivity contribution in [2.75, 3.05) is 6.54 Å². The smallest absolute Gasteiger partial charge is 0.219 e. The Kier molecular flexibility index (Phi) is 5.30. The van der Waals surface area contributed by atoms with Gasteiger partial charge in [0, 0.05) is 19.5 Å². The van der Waals surface area contributed by atoms with Gasteiger partial charge in [-0.2, -0.15) is 0 Å². The van der Waals surface area contributed by atoms with Crippen LogP contribution in [0.2, 0.25) is 0 Å². The first-order valence-corrected chi connectivity index (χ1v) is 6.20. The zero-order valence-electron chi connectivity index (χ0n) is 10.6. The molecular weight excluding hydrogens is 198 g/mol. The Morgan fingerprint density at radius 2 is 2.25 bits per heavy atom. The van der Waals surface area contributed by atoms with Crippen LogP contribution in [0.3, 0.4) is 0 Å². The van der Waals surface area contributed by atoms with Crippen LogP contribution in [-0.4, -0.2) is 23.4 Å². The number of rotatable bonds is 4. The number of hydrogen-bond donors (Lipinski definition) is 0. The minimum atomic E-state index is 0.156. The SMILES string of the molecule is CC(=O)N(C/C=C\C1CC=CCC1)C(C)C. The van der Waals surface area contributed by atoms with E-state index in [-0.39, 0.29) is 11.9 Å². The van der Waals surface area contributed by atoms with Crippen LogP contribution >= 0.6 is 0 Å². The topological polar surface area (TPSA) is 20.3 Å². The lowest BCUT2D eigenvalue weighted by Crippen LogP contribution is -2.35. The number of allylic oxidation sites excluding steroid dienone is 3. The van der Waals surface area contributed by atoms with Crippen molar-refractivity contribution in [3.8, 4) is 0 Å². The first kappa shape index (κ1) is 13.0. The van der Waals surface area contributed by atoms with Gasteiger partial charge in [0.15, 0.2) is 0 Å². The number of carbonyl (C=O) groups excluding carboxylic acids is 1. The van der Waals surface area contributed by atoms with Crippen molar-refractivity contribution in [2.45, 2.75) is 46.1 Å². The summed E-state index contributed by atoms with van der Waals surface area (Å²) < 4.78 is 0. The Labute approximate surface area is 99.0 Å². The van der Waals surface area contributed by atoms with E-state index in [1.807, 2.05) is 4.90 Å². The molecule has 0 aliphatic heterocycles. The summed E-state index contributed by atoms with van der Waals surface area (Å²) in [6.07, 6.45) is 12.5. The third-order valence-electron chi connectivity index (χ3n) is 3.05. The van der Waals surface area contributed by atoms with Crippen LogP contribution in [-0.2, 0) is 4.79 Å². The van der Waals surface area contributed by atoms with Gasteiger partial charge in [-0.05, 0) is 39.0 Å². The standard InChI is InChI=1S/C14H23NO/c1-12(2)15(13(3)16)11-7-10-14-8-5-4-6-9-14/h4-5,7,10,12,14H,6,8-9,11H2,1-3H3/b10-7-. The highest BCUT2D eigenvalue weighted by molar-refractivity contribution is 5.73. The monoisotopic (exact) mass is 221 g/mol. The lowest BCUT2D eigenvalue weighted by Gasteiger charge is -2.24. The highest BCUT2D eigenvalue weighted by Crippen LogP contribution is 2.19. The van der Waals surface area contributed by atoms with Gasteiger partial charge >= 0.3 is 0 Å². The fourth-order valence-electron chi connectivity index (χ4n) is 2.06. The maximum Gasteiger partial charge on any atom is 0.219 e. The van der Waals surface area contributed by atoms with Gasteiger partial charge in [-0.1, -0.05) is 24.3 Å². The summed E-state index contributed by atoms with van der Waals surface area (Å²) in [4.78, 5) is 13.2. The molecular formula is C14H23NO. The van der Waals surface area contributed by atoms with E-state index >= 15 is 0 Å². The molecule has 1 rings (SSSR count). The second kappa shape index (κ2) is 6.51. The highest BCUT2D eigenvalue weighted by atomic mass is 16.2. The van der Waals surface area contributed by atoms with E-state index in [2.05, 4.69) is 38.2 Å². The zero-order valence-corrected chi connectivity index (χ0v) is 10.6. The molecule has 0 aromatic heterocycles. The van der Waals surface area contributed by atoms with Crippen molar-refractivity contribution in [2.24, 2.45) is 5.92 Å². The van der Waals surface area contributed by atoms with E-state index in [9.17, 15) is 4.79 Å². The molecule has 0 heterocycles. The van der Waals surface area contributed by atoms with Crippen LogP contribution in [0.4, 0.5) is 0 Å². The molecule has 0 bridgehead atoms. The molecule has 1 aliphatic rings. The maximum absolute atomic E-state index is 11.3. The molecule has 16 heavy (non-hydrogen) atoms. The molecule has 0 spiro atoms. The fourth-order valence-corrected chi connectivity index (χ4v) is 2.06. The van der Waals surface area contributed by atoms with E-state index < -0.39 is 0 Å². The fraction of sp³-hybridized carbons (Fsp3) is 0.643. The average molecular weight is 221 g/mol. The summed E-state index contributed by atoms with van der Waals surface area (Å²) in [6, 6.07) is 0.286. The molecule has 0 aromatic rings. The molecule has 1 unspecified atom stereocenters. The van der Waals surface area contributed by atoms with Crippen LogP contribution in [0.25, 0.3) is 0 Å². The number of carbonyl (C=O) groups is 1. The molecule has 2 nitrogen and oxygen atoms in total. The summed E-state index contributed by atoms with van der Waals surface area (Å²) in [5.74, 6) is 0.828. The molecule has 0 radical (unpaired) electrons. The van der Waals surface area contributed by atoms with E-state index in [1.54, 1.807) is 6.92 Å². The first-order chi connectivity index (χ1) is 7.61. The molecule has 0 saturated heterocycles. The summed E-state index contributed by atoms with van der Waals surface area (Å²) in [6.45, 7) is 6.49. The Hall–Kier alpha value is -1.05. The van der Waals surface area contributed by atoms with Gasteiger partial charge in [0.25, 0.3) is 0 Å². The van der Waals surface area contributed by atoms with Gasteiger partial charge < -0.3 is 4.90 Å². The van der Waals surface area contributed by atoms with Crippen LogP contribution < -0.4 is 0 Å². The van der Waals surface area contributed by atoms with Gasteiger partial charge in [-0.15, -0.1) is 0 Å². The highest BCUT2D eigenvalue weighted by Gasteiger charge is 2.11. The minimum Gasteiger partial charge on any atom is -0.337 e. The molecule has 1 aliphatic carbocycles. The second-order valence-corrected chi connectivity index (χ2v) is 4.74. The van der Waals surface area contributed by atoms with Crippen molar-refractivity contribution >= 4 is 5.91 Å². The lowest BCUT2D eigenvalue weighted by atomic mass is 9.94. The summed E-state index contributed by atoms with van der Waals surface area (Å²) in [5.41, 5.74) is 0. The van der Waals surface area contributed by atoms with Crippen molar-refractivity contribution in [1.29, 1.82) is 0 Å². The third kappa shape index (κ3) is 4.21. The van der Waals surface area contributed by atoms with Crippen LogP contribution in [0.5, 0.6) is 0 Å². The van der Waals surface area contributed by atoms with E-state index in [4.69, 9.17) is 0 Å². The van der Waals surface area contributed by atoms with Gasteiger partial charge in [0.1, 0.15) is 0 Å². The quantitative estimate of drug-likeness (QED) is 0.668. The number of nitrogens with zero attached hydrogens (tertiary/aromatic N) is 1. The third-order valence-corrected chi connectivity index (χ3v) is 3.05. The van der Waals surface area contributed by atoms with Gasteiger partial charge in [0.05, 0.1) is 0 Å². The van der Waals surface area contributed by atoms with Crippen molar-refractivity contribution in [1.82, 2.24) is 4.90 Å². The van der Waals surface area contributed by atoms with Gasteiger partial charge in [-0.3, -0.25) is 4.79 Å². The average Bonchev–Trinajstić information content (AvgIpc) is 2.24. The largest absolute Gasteiger partial charge is 0.337 e. The first-order valence-electron chi connectivity index (χ1n) is 6.20. The molecule has 0 fully saturated rings. The molecule has 0 N–H and O–H groups in total. The predicted octanol–water partition coefficient (Wildman–Crippen LogP) is 3.16. The zero-order chi connectivity index (χ0) is 12.0. The van der Waals surface area contributed by atoms with E-state index in [0.717, 1.165) is 13.0 Å². The van der Waals surface area contributed by atoms with Crippen LogP contribution in [0.1, 0.15) is 40.0 Å². The van der Waals surface area contributed by atoms with Crippen molar-refractivity contribution in [3.05, 3.63) is 24.3 Å². The second-order valence-electron chi connectivity index (χ2n) is 4.74. The molecule has 2 heteroatoms. The molecule has 1 amide bonds. The maximum atomic E-state index is 11.3. The molecule has 0 saturated carbocycles. The van der Waals surface area contributed by atoms with Gasteiger partial charge in [-0.25, -0.2) is 0 Å².